The Balaban J connectivity index is 1.53. The first-order chi connectivity index (χ1) is 8.81. The number of rotatable bonds is 5. The lowest BCUT2D eigenvalue weighted by Crippen LogP contribution is -2.26. The van der Waals surface area contributed by atoms with E-state index in [1.807, 2.05) is 41.2 Å². The normalized spacial score (nSPS) is 33.5. The summed E-state index contributed by atoms with van der Waals surface area (Å²) in [5.74, 6) is 0.259. The summed E-state index contributed by atoms with van der Waals surface area (Å²) in [4.78, 5) is 0. The molecule has 4 heteroatoms. The van der Waals surface area contributed by atoms with Crippen molar-refractivity contribution in [3.63, 3.8) is 0 Å². The summed E-state index contributed by atoms with van der Waals surface area (Å²) in [5.41, 5.74) is 2.31. The average molecular weight is 358 g/mol. The highest BCUT2D eigenvalue weighted by molar-refractivity contribution is 14.1. The molecule has 0 N–H and O–H groups in total. The van der Waals surface area contributed by atoms with Gasteiger partial charge in [-0.1, -0.05) is 36.9 Å². The summed E-state index contributed by atoms with van der Waals surface area (Å²) in [7, 11) is 0. The van der Waals surface area contributed by atoms with Crippen LogP contribution in [0.4, 0.5) is 0 Å². The Morgan fingerprint density at radius 3 is 2.78 bits per heavy atom. The van der Waals surface area contributed by atoms with Crippen LogP contribution in [-0.2, 0) is 19.1 Å². The molecule has 4 atom stereocenters. The number of fused-ring (bicyclic) bond motifs is 1. The fraction of sp³-hybridized carbons (Fsp3) is 0.429. The van der Waals surface area contributed by atoms with E-state index in [1.165, 1.54) is 5.56 Å². The van der Waals surface area contributed by atoms with Gasteiger partial charge in [-0.2, -0.15) is 0 Å². The molecule has 96 valence electrons. The lowest BCUT2D eigenvalue weighted by molar-refractivity contribution is 0.0501. The highest BCUT2D eigenvalue weighted by Gasteiger charge is 2.59. The zero-order valence-corrected chi connectivity index (χ0v) is 12.1. The van der Waals surface area contributed by atoms with E-state index >= 15 is 0 Å². The molecule has 0 amide bonds. The third kappa shape index (κ3) is 2.34. The van der Waals surface area contributed by atoms with Crippen molar-refractivity contribution in [3.8, 4) is 0 Å². The standard InChI is InChI=1S/C14H15IO3/c1-9-11(13(18-15)14-12(9)17-14)8-16-7-10-5-3-2-4-6-10/h2-6,11-14H,1,7-8H2. The van der Waals surface area contributed by atoms with Crippen LogP contribution in [0.3, 0.4) is 0 Å². The lowest BCUT2D eigenvalue weighted by Gasteiger charge is -2.20. The summed E-state index contributed by atoms with van der Waals surface area (Å²) in [5, 5.41) is 0. The Morgan fingerprint density at radius 2 is 2.06 bits per heavy atom. The van der Waals surface area contributed by atoms with Gasteiger partial charge in [0.25, 0.3) is 0 Å². The van der Waals surface area contributed by atoms with Crippen LogP contribution in [0.1, 0.15) is 5.56 Å². The van der Waals surface area contributed by atoms with E-state index in [-0.39, 0.29) is 24.2 Å². The maximum absolute atomic E-state index is 5.78. The minimum atomic E-state index is 0.0962. The number of epoxide rings is 1. The van der Waals surface area contributed by atoms with Crippen molar-refractivity contribution in [1.82, 2.24) is 0 Å². The largest absolute Gasteiger partial charge is 0.376 e. The molecule has 18 heavy (non-hydrogen) atoms. The highest BCUT2D eigenvalue weighted by Crippen LogP contribution is 2.48. The van der Waals surface area contributed by atoms with Crippen molar-refractivity contribution in [1.29, 1.82) is 0 Å². The van der Waals surface area contributed by atoms with E-state index in [2.05, 4.69) is 18.7 Å². The number of benzene rings is 1. The van der Waals surface area contributed by atoms with E-state index in [9.17, 15) is 0 Å². The molecule has 3 rings (SSSR count). The summed E-state index contributed by atoms with van der Waals surface area (Å²) >= 11 is 1.94. The van der Waals surface area contributed by atoms with Gasteiger partial charge in [0, 0.05) is 5.92 Å². The van der Waals surface area contributed by atoms with Crippen LogP contribution in [0.5, 0.6) is 0 Å². The van der Waals surface area contributed by atoms with E-state index in [1.54, 1.807) is 0 Å². The van der Waals surface area contributed by atoms with Crippen molar-refractivity contribution in [2.75, 3.05) is 6.61 Å². The molecule has 1 aromatic carbocycles. The lowest BCUT2D eigenvalue weighted by atomic mass is 10.0. The smallest absolute Gasteiger partial charge is 0.116 e. The van der Waals surface area contributed by atoms with E-state index in [0.717, 1.165) is 5.57 Å². The summed E-state index contributed by atoms with van der Waals surface area (Å²) in [6.45, 7) is 5.38. The molecule has 1 aromatic rings. The molecule has 4 unspecified atom stereocenters. The average Bonchev–Trinajstić information content (AvgIpc) is 3.14. The topological polar surface area (TPSA) is 31.0 Å². The van der Waals surface area contributed by atoms with Crippen LogP contribution in [0.2, 0.25) is 0 Å². The number of hydrogen-bond acceptors (Lipinski definition) is 3. The molecule has 1 aliphatic carbocycles. The van der Waals surface area contributed by atoms with Gasteiger partial charge in [-0.25, -0.2) is 0 Å². The highest BCUT2D eigenvalue weighted by atomic mass is 127. The minimum Gasteiger partial charge on any atom is -0.376 e. The van der Waals surface area contributed by atoms with Gasteiger partial charge in [-0.15, -0.1) is 0 Å². The third-order valence-corrected chi connectivity index (χ3v) is 4.19. The molecule has 3 nitrogen and oxygen atoms in total. The molecule has 1 heterocycles. The maximum atomic E-state index is 5.78. The second-order valence-electron chi connectivity index (χ2n) is 4.76. The van der Waals surface area contributed by atoms with E-state index in [0.29, 0.717) is 13.2 Å². The Labute approximate surface area is 121 Å². The predicted octanol–water partition coefficient (Wildman–Crippen LogP) is 2.89. The predicted molar refractivity (Wildman–Crippen MR) is 76.3 cm³/mol. The van der Waals surface area contributed by atoms with Gasteiger partial charge in [0.1, 0.15) is 41.3 Å². The van der Waals surface area contributed by atoms with Crippen molar-refractivity contribution in [3.05, 3.63) is 48.0 Å². The van der Waals surface area contributed by atoms with Gasteiger partial charge >= 0.3 is 0 Å². The first-order valence-corrected chi connectivity index (χ1v) is 6.92. The zero-order valence-electron chi connectivity index (χ0n) is 9.92. The first kappa shape index (κ1) is 12.6. The van der Waals surface area contributed by atoms with Crippen molar-refractivity contribution in [2.45, 2.75) is 24.9 Å². The second kappa shape index (κ2) is 5.28. The van der Waals surface area contributed by atoms with Crippen molar-refractivity contribution >= 4 is 23.0 Å². The molecular weight excluding hydrogens is 343 g/mol. The maximum Gasteiger partial charge on any atom is 0.116 e. The molecule has 0 aromatic heterocycles. The van der Waals surface area contributed by atoms with Crippen LogP contribution in [0, 0.1) is 5.92 Å². The molecule has 1 saturated carbocycles. The summed E-state index contributed by atoms with van der Waals surface area (Å²) in [6.07, 6.45) is 0.508. The van der Waals surface area contributed by atoms with Crippen LogP contribution < -0.4 is 0 Å². The van der Waals surface area contributed by atoms with Gasteiger partial charge in [0.15, 0.2) is 0 Å². The van der Waals surface area contributed by atoms with Gasteiger partial charge in [0.2, 0.25) is 0 Å². The van der Waals surface area contributed by atoms with Crippen LogP contribution >= 0.6 is 23.0 Å². The zero-order chi connectivity index (χ0) is 12.5. The van der Waals surface area contributed by atoms with Gasteiger partial charge in [0.05, 0.1) is 13.2 Å². The van der Waals surface area contributed by atoms with Crippen LogP contribution in [-0.4, -0.2) is 24.9 Å². The molecule has 1 saturated heterocycles. The van der Waals surface area contributed by atoms with E-state index < -0.39 is 0 Å². The summed E-state index contributed by atoms with van der Waals surface area (Å²) < 4.78 is 16.7. The first-order valence-electron chi connectivity index (χ1n) is 6.04. The third-order valence-electron chi connectivity index (χ3n) is 3.60. The number of halogens is 1. The van der Waals surface area contributed by atoms with Gasteiger partial charge in [-0.3, -0.25) is 0 Å². The Hall–Kier alpha value is -0.430. The SMILES string of the molecule is C=C1C(COCc2ccccc2)C(OI)C2OC12. The summed E-state index contributed by atoms with van der Waals surface area (Å²) in [6, 6.07) is 10.2. The second-order valence-corrected chi connectivity index (χ2v) is 5.27. The fourth-order valence-corrected chi connectivity index (χ4v) is 3.16. The number of ether oxygens (including phenoxy) is 2. The molecule has 2 fully saturated rings. The van der Waals surface area contributed by atoms with Gasteiger partial charge in [-0.05, 0) is 11.1 Å². The molecule has 0 bridgehead atoms. The quantitative estimate of drug-likeness (QED) is 0.461. The van der Waals surface area contributed by atoms with Crippen LogP contribution in [0.25, 0.3) is 0 Å². The fourth-order valence-electron chi connectivity index (χ4n) is 2.52. The van der Waals surface area contributed by atoms with Crippen molar-refractivity contribution in [2.24, 2.45) is 5.92 Å². The molecule has 0 radical (unpaired) electrons. The molecule has 0 spiro atoms. The minimum absolute atomic E-state index is 0.0962. The molecular formula is C14H15IO3. The van der Waals surface area contributed by atoms with Crippen molar-refractivity contribution < 1.29 is 12.5 Å². The van der Waals surface area contributed by atoms with E-state index in [4.69, 9.17) is 12.5 Å². The number of hydrogen-bond donors (Lipinski definition) is 0. The van der Waals surface area contributed by atoms with Crippen LogP contribution in [0.15, 0.2) is 42.5 Å². The monoisotopic (exact) mass is 358 g/mol. The Morgan fingerprint density at radius 1 is 1.28 bits per heavy atom. The Bertz CT molecular complexity index is 434. The molecule has 2 aliphatic rings. The van der Waals surface area contributed by atoms with Gasteiger partial charge < -0.3 is 12.5 Å². The molecule has 1 aliphatic heterocycles. The Kier molecular flexibility index (Phi) is 3.70.